The third-order valence-corrected chi connectivity index (χ3v) is 2.45. The van der Waals surface area contributed by atoms with Crippen molar-refractivity contribution in [2.24, 2.45) is 5.73 Å². The zero-order valence-electron chi connectivity index (χ0n) is 10.3. The molecule has 0 amide bonds. The molecule has 0 radical (unpaired) electrons. The van der Waals surface area contributed by atoms with Gasteiger partial charge in [0.05, 0.1) is 13.7 Å². The third kappa shape index (κ3) is 4.36. The number of ether oxygens (including phenoxy) is 2. The highest BCUT2D eigenvalue weighted by atomic mass is 19.3. The van der Waals surface area contributed by atoms with Crippen LogP contribution in [-0.4, -0.2) is 26.1 Å². The van der Waals surface area contributed by atoms with Gasteiger partial charge >= 0.3 is 12.3 Å². The van der Waals surface area contributed by atoms with E-state index in [0.717, 1.165) is 5.56 Å². The molecule has 3 nitrogen and oxygen atoms in total. The average molecular weight is 281 g/mol. The van der Waals surface area contributed by atoms with Crippen LogP contribution in [0.3, 0.4) is 0 Å². The van der Waals surface area contributed by atoms with Crippen LogP contribution in [0.15, 0.2) is 18.2 Å². The first-order valence-corrected chi connectivity index (χ1v) is 5.50. The standard InChI is InChI=1S/C12H15F4NO2/c1-18-10-3-2-8(5-17)4-9(10)6-19-7-12(15,16)11(13)14/h2-4,11H,5-7,17H2,1H3. The second kappa shape index (κ2) is 6.72. The summed E-state index contributed by atoms with van der Waals surface area (Å²) in [6.07, 6.45) is -3.75. The fourth-order valence-corrected chi connectivity index (χ4v) is 1.43. The lowest BCUT2D eigenvalue weighted by Gasteiger charge is -2.16. The minimum Gasteiger partial charge on any atom is -0.496 e. The van der Waals surface area contributed by atoms with Crippen LogP contribution in [0, 0.1) is 0 Å². The zero-order chi connectivity index (χ0) is 14.5. The second-order valence-electron chi connectivity index (χ2n) is 3.90. The van der Waals surface area contributed by atoms with Gasteiger partial charge in [-0.1, -0.05) is 6.07 Å². The van der Waals surface area contributed by atoms with Crippen LogP contribution in [0.1, 0.15) is 11.1 Å². The van der Waals surface area contributed by atoms with Gasteiger partial charge in [0, 0.05) is 12.1 Å². The highest BCUT2D eigenvalue weighted by molar-refractivity contribution is 5.36. The van der Waals surface area contributed by atoms with Gasteiger partial charge in [0.2, 0.25) is 0 Å². The summed E-state index contributed by atoms with van der Waals surface area (Å²) in [7, 11) is 1.41. The Balaban J connectivity index is 2.66. The van der Waals surface area contributed by atoms with E-state index >= 15 is 0 Å². The van der Waals surface area contributed by atoms with Gasteiger partial charge in [-0.2, -0.15) is 8.78 Å². The zero-order valence-corrected chi connectivity index (χ0v) is 10.3. The topological polar surface area (TPSA) is 44.5 Å². The molecule has 0 saturated carbocycles. The van der Waals surface area contributed by atoms with E-state index in [2.05, 4.69) is 4.74 Å². The van der Waals surface area contributed by atoms with Crippen LogP contribution < -0.4 is 10.5 Å². The maximum absolute atomic E-state index is 12.7. The SMILES string of the molecule is COc1ccc(CN)cc1COCC(F)(F)C(F)F. The molecule has 0 aliphatic carbocycles. The molecule has 1 aromatic carbocycles. The van der Waals surface area contributed by atoms with Gasteiger partial charge in [-0.15, -0.1) is 0 Å². The Hall–Kier alpha value is -1.34. The molecular formula is C12H15F4NO2. The fraction of sp³-hybridized carbons (Fsp3) is 0.500. The smallest absolute Gasteiger partial charge is 0.330 e. The fourth-order valence-electron chi connectivity index (χ4n) is 1.43. The number of halogens is 4. The normalized spacial score (nSPS) is 11.9. The average Bonchev–Trinajstić information content (AvgIpc) is 2.38. The van der Waals surface area contributed by atoms with E-state index in [0.29, 0.717) is 11.3 Å². The first kappa shape index (κ1) is 15.7. The Morgan fingerprint density at radius 3 is 2.53 bits per heavy atom. The molecule has 1 aromatic rings. The van der Waals surface area contributed by atoms with Gasteiger partial charge in [-0.3, -0.25) is 0 Å². The maximum Gasteiger partial charge on any atom is 0.330 e. The van der Waals surface area contributed by atoms with E-state index < -0.39 is 19.0 Å². The summed E-state index contributed by atoms with van der Waals surface area (Å²) in [5.41, 5.74) is 6.69. The second-order valence-corrected chi connectivity index (χ2v) is 3.90. The molecular weight excluding hydrogens is 266 g/mol. The summed E-state index contributed by atoms with van der Waals surface area (Å²) < 4.78 is 58.8. The molecule has 0 aliphatic heterocycles. The van der Waals surface area contributed by atoms with Crippen molar-refractivity contribution in [3.05, 3.63) is 29.3 Å². The van der Waals surface area contributed by atoms with Crippen LogP contribution in [0.2, 0.25) is 0 Å². The van der Waals surface area contributed by atoms with E-state index in [1.807, 2.05) is 0 Å². The number of alkyl halides is 4. The van der Waals surface area contributed by atoms with Gasteiger partial charge in [0.15, 0.2) is 0 Å². The van der Waals surface area contributed by atoms with Crippen molar-refractivity contribution in [2.75, 3.05) is 13.7 Å². The first-order valence-electron chi connectivity index (χ1n) is 5.50. The van der Waals surface area contributed by atoms with E-state index in [1.54, 1.807) is 18.2 Å². The molecule has 0 aliphatic rings. The van der Waals surface area contributed by atoms with Crippen LogP contribution in [0.5, 0.6) is 5.75 Å². The van der Waals surface area contributed by atoms with Gasteiger partial charge in [-0.25, -0.2) is 8.78 Å². The maximum atomic E-state index is 12.7. The Morgan fingerprint density at radius 2 is 2.00 bits per heavy atom. The summed E-state index contributed by atoms with van der Waals surface area (Å²) in [6.45, 7) is -1.33. The quantitative estimate of drug-likeness (QED) is 0.781. The molecule has 0 heterocycles. The number of benzene rings is 1. The molecule has 0 spiro atoms. The van der Waals surface area contributed by atoms with Crippen molar-refractivity contribution in [3.8, 4) is 5.75 Å². The number of methoxy groups -OCH3 is 1. The molecule has 0 atom stereocenters. The van der Waals surface area contributed by atoms with Gasteiger partial charge in [0.25, 0.3) is 0 Å². The van der Waals surface area contributed by atoms with Crippen molar-refractivity contribution < 1.29 is 27.0 Å². The van der Waals surface area contributed by atoms with Crippen LogP contribution in [-0.2, 0) is 17.9 Å². The number of nitrogens with two attached hydrogens (primary N) is 1. The highest BCUT2D eigenvalue weighted by Crippen LogP contribution is 2.25. The molecule has 1 rings (SSSR count). The third-order valence-electron chi connectivity index (χ3n) is 2.45. The predicted molar refractivity (Wildman–Crippen MR) is 61.5 cm³/mol. The van der Waals surface area contributed by atoms with Crippen molar-refractivity contribution in [2.45, 2.75) is 25.5 Å². The minimum absolute atomic E-state index is 0.251. The Morgan fingerprint density at radius 1 is 1.32 bits per heavy atom. The number of rotatable bonds is 7. The van der Waals surface area contributed by atoms with Crippen LogP contribution in [0.4, 0.5) is 17.6 Å². The summed E-state index contributed by atoms with van der Waals surface area (Å²) >= 11 is 0. The van der Waals surface area contributed by atoms with E-state index in [1.165, 1.54) is 7.11 Å². The molecule has 7 heteroatoms. The summed E-state index contributed by atoms with van der Waals surface area (Å²) in [6, 6.07) is 4.96. The van der Waals surface area contributed by atoms with Crippen LogP contribution >= 0.6 is 0 Å². The predicted octanol–water partition coefficient (Wildman–Crippen LogP) is 2.57. The van der Waals surface area contributed by atoms with Gasteiger partial charge in [0.1, 0.15) is 12.4 Å². The van der Waals surface area contributed by atoms with Gasteiger partial charge in [-0.05, 0) is 17.7 Å². The molecule has 19 heavy (non-hydrogen) atoms. The Labute approximate surface area is 108 Å². The largest absolute Gasteiger partial charge is 0.496 e. The Bertz CT molecular complexity index is 413. The first-order chi connectivity index (χ1) is 8.90. The summed E-state index contributed by atoms with van der Waals surface area (Å²) in [5, 5.41) is 0. The lowest BCUT2D eigenvalue weighted by molar-refractivity contribution is -0.168. The summed E-state index contributed by atoms with van der Waals surface area (Å²) in [5.74, 6) is -3.73. The lowest BCUT2D eigenvalue weighted by Crippen LogP contribution is -2.32. The number of hydrogen-bond acceptors (Lipinski definition) is 3. The molecule has 2 N–H and O–H groups in total. The summed E-state index contributed by atoms with van der Waals surface area (Å²) in [4.78, 5) is 0. The van der Waals surface area contributed by atoms with E-state index in [9.17, 15) is 17.6 Å². The lowest BCUT2D eigenvalue weighted by atomic mass is 10.1. The van der Waals surface area contributed by atoms with Gasteiger partial charge < -0.3 is 15.2 Å². The van der Waals surface area contributed by atoms with E-state index in [-0.39, 0.29) is 13.2 Å². The molecule has 0 aromatic heterocycles. The van der Waals surface area contributed by atoms with Crippen molar-refractivity contribution in [1.82, 2.24) is 0 Å². The molecule has 0 fully saturated rings. The van der Waals surface area contributed by atoms with Crippen molar-refractivity contribution >= 4 is 0 Å². The Kier molecular flexibility index (Phi) is 5.56. The van der Waals surface area contributed by atoms with E-state index in [4.69, 9.17) is 10.5 Å². The molecule has 108 valence electrons. The molecule has 0 saturated heterocycles. The van der Waals surface area contributed by atoms with Crippen LogP contribution in [0.25, 0.3) is 0 Å². The molecule has 0 unspecified atom stereocenters. The minimum atomic E-state index is -4.15. The van der Waals surface area contributed by atoms with Crippen molar-refractivity contribution in [3.63, 3.8) is 0 Å². The number of hydrogen-bond donors (Lipinski definition) is 1. The monoisotopic (exact) mass is 281 g/mol. The highest BCUT2D eigenvalue weighted by Gasteiger charge is 2.40. The van der Waals surface area contributed by atoms with Crippen molar-refractivity contribution in [1.29, 1.82) is 0 Å². The molecule has 0 bridgehead atoms.